The number of carbonyl (C=O) groups excluding carboxylic acids is 3. The molecule has 1 atom stereocenters. The molecule has 3 amide bonds. The van der Waals surface area contributed by atoms with Gasteiger partial charge in [0.25, 0.3) is 5.91 Å². The van der Waals surface area contributed by atoms with Gasteiger partial charge in [-0.1, -0.05) is 12.1 Å². The molecule has 0 unspecified atom stereocenters. The fraction of sp³-hybridized carbons (Fsp3) is 0.348. The van der Waals surface area contributed by atoms with Gasteiger partial charge in [-0.25, -0.2) is 0 Å². The Morgan fingerprint density at radius 1 is 1.13 bits per heavy atom. The van der Waals surface area contributed by atoms with E-state index < -0.39 is 5.92 Å². The number of ether oxygens (including phenoxy) is 1. The van der Waals surface area contributed by atoms with Gasteiger partial charge in [-0.05, 0) is 57.2 Å². The van der Waals surface area contributed by atoms with E-state index in [2.05, 4.69) is 10.6 Å². The van der Waals surface area contributed by atoms with E-state index >= 15 is 0 Å². The van der Waals surface area contributed by atoms with Crippen LogP contribution >= 0.6 is 0 Å². The highest BCUT2D eigenvalue weighted by Crippen LogP contribution is 2.28. The Balaban J connectivity index is 1.68. The smallest absolute Gasteiger partial charge is 0.253 e. The number of anilines is 2. The SMILES string of the molecule is CCNC(=O)c1ccccc1NC(=O)[C@H]1CC(=O)N(c2ccc(OC(C)C)cc2)C1. The molecule has 7 heteroatoms. The number of amides is 3. The third-order valence-electron chi connectivity index (χ3n) is 4.78. The largest absolute Gasteiger partial charge is 0.491 e. The first-order valence-corrected chi connectivity index (χ1v) is 10.1. The fourth-order valence-electron chi connectivity index (χ4n) is 3.39. The normalized spacial score (nSPS) is 15.9. The van der Waals surface area contributed by atoms with Crippen LogP contribution in [0.5, 0.6) is 5.75 Å². The lowest BCUT2D eigenvalue weighted by atomic mass is 10.1. The Morgan fingerprint density at radius 2 is 1.83 bits per heavy atom. The molecule has 0 radical (unpaired) electrons. The van der Waals surface area contributed by atoms with Crippen LogP contribution in [0.25, 0.3) is 0 Å². The fourth-order valence-corrected chi connectivity index (χ4v) is 3.39. The topological polar surface area (TPSA) is 87.7 Å². The standard InChI is InChI=1S/C23H27N3O4/c1-4-24-23(29)19-7-5-6-8-20(19)25-22(28)16-13-21(27)26(14-16)17-9-11-18(12-10-17)30-15(2)3/h5-12,15-16H,4,13-14H2,1-3H3,(H,24,29)(H,25,28)/t16-/m0/s1. The number of hydrogen-bond donors (Lipinski definition) is 2. The second-order valence-corrected chi connectivity index (χ2v) is 7.46. The van der Waals surface area contributed by atoms with Crippen LogP contribution in [0.2, 0.25) is 0 Å². The van der Waals surface area contributed by atoms with Crippen molar-refractivity contribution in [3.05, 3.63) is 54.1 Å². The molecule has 2 aromatic rings. The molecule has 1 aliphatic rings. The second-order valence-electron chi connectivity index (χ2n) is 7.46. The summed E-state index contributed by atoms with van der Waals surface area (Å²) in [4.78, 5) is 39.1. The molecule has 2 N–H and O–H groups in total. The summed E-state index contributed by atoms with van der Waals surface area (Å²) in [5, 5.41) is 5.55. The molecule has 30 heavy (non-hydrogen) atoms. The Kier molecular flexibility index (Phi) is 6.72. The number of rotatable bonds is 7. The van der Waals surface area contributed by atoms with Gasteiger partial charge < -0.3 is 20.3 Å². The number of para-hydroxylation sites is 1. The van der Waals surface area contributed by atoms with Gasteiger partial charge >= 0.3 is 0 Å². The Labute approximate surface area is 176 Å². The highest BCUT2D eigenvalue weighted by molar-refractivity contribution is 6.07. The molecule has 1 saturated heterocycles. The van der Waals surface area contributed by atoms with Gasteiger partial charge in [-0.3, -0.25) is 14.4 Å². The summed E-state index contributed by atoms with van der Waals surface area (Å²) >= 11 is 0. The maximum atomic E-state index is 12.8. The van der Waals surface area contributed by atoms with Crippen LogP contribution in [-0.2, 0) is 9.59 Å². The zero-order chi connectivity index (χ0) is 21.7. The summed E-state index contributed by atoms with van der Waals surface area (Å²) in [5.41, 5.74) is 1.57. The van der Waals surface area contributed by atoms with Crippen LogP contribution in [0.3, 0.4) is 0 Å². The summed E-state index contributed by atoms with van der Waals surface area (Å²) in [6, 6.07) is 14.1. The molecule has 0 saturated carbocycles. The number of benzene rings is 2. The van der Waals surface area contributed by atoms with Crippen LogP contribution in [0.15, 0.2) is 48.5 Å². The van der Waals surface area contributed by atoms with Crippen LogP contribution in [0.1, 0.15) is 37.6 Å². The van der Waals surface area contributed by atoms with Gasteiger partial charge in [0.2, 0.25) is 11.8 Å². The van der Waals surface area contributed by atoms with Crippen LogP contribution < -0.4 is 20.3 Å². The molecule has 1 aliphatic heterocycles. The molecular formula is C23H27N3O4. The summed E-state index contributed by atoms with van der Waals surface area (Å²) in [7, 11) is 0. The van der Waals surface area contributed by atoms with Crippen molar-refractivity contribution < 1.29 is 19.1 Å². The summed E-state index contributed by atoms with van der Waals surface area (Å²) in [6.07, 6.45) is 0.194. The van der Waals surface area contributed by atoms with E-state index in [9.17, 15) is 14.4 Å². The molecule has 7 nitrogen and oxygen atoms in total. The molecule has 0 bridgehead atoms. The van der Waals surface area contributed by atoms with Crippen molar-refractivity contribution in [3.63, 3.8) is 0 Å². The molecule has 0 aromatic heterocycles. The summed E-state index contributed by atoms with van der Waals surface area (Å²) in [5.74, 6) is -0.392. The van der Waals surface area contributed by atoms with Gasteiger partial charge in [0, 0.05) is 25.2 Å². The van der Waals surface area contributed by atoms with Gasteiger partial charge in [0.05, 0.1) is 23.3 Å². The van der Waals surface area contributed by atoms with Crippen LogP contribution in [-0.4, -0.2) is 36.9 Å². The van der Waals surface area contributed by atoms with Crippen LogP contribution in [0.4, 0.5) is 11.4 Å². The number of nitrogens with one attached hydrogen (secondary N) is 2. The lowest BCUT2D eigenvalue weighted by molar-refractivity contribution is -0.122. The van der Waals surface area contributed by atoms with E-state index in [1.54, 1.807) is 29.2 Å². The molecule has 0 aliphatic carbocycles. The van der Waals surface area contributed by atoms with Gasteiger partial charge in [-0.2, -0.15) is 0 Å². The molecule has 1 heterocycles. The molecule has 3 rings (SSSR count). The zero-order valence-electron chi connectivity index (χ0n) is 17.5. The highest BCUT2D eigenvalue weighted by Gasteiger charge is 2.35. The monoisotopic (exact) mass is 409 g/mol. The van der Waals surface area contributed by atoms with E-state index in [1.165, 1.54) is 0 Å². The van der Waals surface area contributed by atoms with Crippen molar-refractivity contribution in [2.24, 2.45) is 5.92 Å². The van der Waals surface area contributed by atoms with Crippen molar-refractivity contribution >= 4 is 29.1 Å². The first-order valence-electron chi connectivity index (χ1n) is 10.1. The third kappa shape index (κ3) is 4.97. The van der Waals surface area contributed by atoms with Crippen molar-refractivity contribution in [2.75, 3.05) is 23.3 Å². The zero-order valence-corrected chi connectivity index (χ0v) is 17.5. The molecule has 158 valence electrons. The Hall–Kier alpha value is -3.35. The molecule has 0 spiro atoms. The van der Waals surface area contributed by atoms with Gasteiger partial charge in [-0.15, -0.1) is 0 Å². The van der Waals surface area contributed by atoms with E-state index in [-0.39, 0.29) is 30.2 Å². The van der Waals surface area contributed by atoms with Gasteiger partial charge in [0.1, 0.15) is 5.75 Å². The highest BCUT2D eigenvalue weighted by atomic mass is 16.5. The Morgan fingerprint density at radius 3 is 2.50 bits per heavy atom. The number of carbonyl (C=O) groups is 3. The minimum Gasteiger partial charge on any atom is -0.491 e. The first-order chi connectivity index (χ1) is 14.4. The average Bonchev–Trinajstić information content (AvgIpc) is 3.10. The lowest BCUT2D eigenvalue weighted by Crippen LogP contribution is -2.29. The van der Waals surface area contributed by atoms with Crippen molar-refractivity contribution in [1.82, 2.24) is 5.32 Å². The maximum absolute atomic E-state index is 12.8. The summed E-state index contributed by atoms with van der Waals surface area (Å²) < 4.78 is 5.63. The van der Waals surface area contributed by atoms with Gasteiger partial charge in [0.15, 0.2) is 0 Å². The number of hydrogen-bond acceptors (Lipinski definition) is 4. The third-order valence-corrected chi connectivity index (χ3v) is 4.78. The van der Waals surface area contributed by atoms with Crippen molar-refractivity contribution in [1.29, 1.82) is 0 Å². The first kappa shape index (κ1) is 21.4. The molecule has 2 aromatic carbocycles. The number of nitrogens with zero attached hydrogens (tertiary/aromatic N) is 1. The van der Waals surface area contributed by atoms with Crippen LogP contribution in [0, 0.1) is 5.92 Å². The van der Waals surface area contributed by atoms with Crippen molar-refractivity contribution in [2.45, 2.75) is 33.3 Å². The average molecular weight is 409 g/mol. The molecule has 1 fully saturated rings. The van der Waals surface area contributed by atoms with E-state index in [0.717, 1.165) is 11.4 Å². The molecular weight excluding hydrogens is 382 g/mol. The second kappa shape index (κ2) is 9.43. The Bertz CT molecular complexity index is 924. The van der Waals surface area contributed by atoms with E-state index in [0.29, 0.717) is 24.3 Å². The van der Waals surface area contributed by atoms with E-state index in [4.69, 9.17) is 4.74 Å². The van der Waals surface area contributed by atoms with E-state index in [1.807, 2.05) is 45.0 Å². The predicted molar refractivity (Wildman–Crippen MR) is 116 cm³/mol. The minimum absolute atomic E-state index is 0.0691. The van der Waals surface area contributed by atoms with Crippen molar-refractivity contribution in [3.8, 4) is 5.75 Å². The predicted octanol–water partition coefficient (Wildman–Crippen LogP) is 3.22. The quantitative estimate of drug-likeness (QED) is 0.735. The maximum Gasteiger partial charge on any atom is 0.253 e. The minimum atomic E-state index is -0.494. The lowest BCUT2D eigenvalue weighted by Gasteiger charge is -2.18. The summed E-state index contributed by atoms with van der Waals surface area (Å²) in [6.45, 7) is 6.52.